The Morgan fingerprint density at radius 2 is 2.19 bits per heavy atom. The fourth-order valence-corrected chi connectivity index (χ4v) is 3.61. The Morgan fingerprint density at radius 1 is 1.38 bits per heavy atom. The van der Waals surface area contributed by atoms with Crippen LogP contribution in [0.15, 0.2) is 0 Å². The predicted octanol–water partition coefficient (Wildman–Crippen LogP) is 1.30. The predicted molar refractivity (Wildman–Crippen MR) is 65.4 cm³/mol. The van der Waals surface area contributed by atoms with Crippen LogP contribution in [0, 0.1) is 0 Å². The van der Waals surface area contributed by atoms with Gasteiger partial charge in [0, 0.05) is 17.7 Å². The van der Waals surface area contributed by atoms with Gasteiger partial charge in [-0.15, -0.1) is 0 Å². The highest BCUT2D eigenvalue weighted by atomic mass is 32.2. The Bertz CT molecular complexity index is 358. The van der Waals surface area contributed by atoms with Crippen molar-refractivity contribution in [2.45, 2.75) is 43.4 Å². The van der Waals surface area contributed by atoms with Crippen molar-refractivity contribution in [1.29, 1.82) is 0 Å². The molecule has 1 aromatic heterocycles. The minimum atomic E-state index is 0.0923. The number of aryl methyl sites for hydroxylation is 1. The van der Waals surface area contributed by atoms with E-state index in [2.05, 4.69) is 9.78 Å². The van der Waals surface area contributed by atoms with Crippen LogP contribution < -0.4 is 5.73 Å². The van der Waals surface area contributed by atoms with Crippen molar-refractivity contribution in [3.05, 3.63) is 11.6 Å². The van der Waals surface area contributed by atoms with Gasteiger partial charge < -0.3 is 5.73 Å². The SMILES string of the molecule is NCC1(c2nc3n(n2)CCSC3)CCCC1. The van der Waals surface area contributed by atoms with Gasteiger partial charge in [-0.05, 0) is 12.8 Å². The largest absolute Gasteiger partial charge is 0.329 e. The molecule has 5 heteroatoms. The Hall–Kier alpha value is -0.550. The molecule has 1 saturated carbocycles. The minimum Gasteiger partial charge on any atom is -0.329 e. The second kappa shape index (κ2) is 4.04. The molecule has 2 heterocycles. The molecule has 2 N–H and O–H groups in total. The van der Waals surface area contributed by atoms with Crippen molar-refractivity contribution < 1.29 is 0 Å². The van der Waals surface area contributed by atoms with E-state index in [9.17, 15) is 0 Å². The third kappa shape index (κ3) is 1.57. The Balaban J connectivity index is 1.96. The number of nitrogens with zero attached hydrogens (tertiary/aromatic N) is 3. The number of thioether (sulfide) groups is 1. The van der Waals surface area contributed by atoms with Gasteiger partial charge in [0.1, 0.15) is 5.82 Å². The van der Waals surface area contributed by atoms with E-state index in [0.29, 0.717) is 6.54 Å². The van der Waals surface area contributed by atoms with Crippen LogP contribution >= 0.6 is 11.8 Å². The van der Waals surface area contributed by atoms with E-state index in [-0.39, 0.29) is 5.41 Å². The molecular weight excluding hydrogens is 220 g/mol. The summed E-state index contributed by atoms with van der Waals surface area (Å²) in [4.78, 5) is 4.73. The molecule has 88 valence electrons. The summed E-state index contributed by atoms with van der Waals surface area (Å²) in [6, 6.07) is 0. The molecule has 3 rings (SSSR count). The van der Waals surface area contributed by atoms with Crippen LogP contribution in [0.5, 0.6) is 0 Å². The fourth-order valence-electron chi connectivity index (χ4n) is 2.77. The smallest absolute Gasteiger partial charge is 0.158 e. The summed E-state index contributed by atoms with van der Waals surface area (Å²) in [6.07, 6.45) is 4.88. The zero-order valence-corrected chi connectivity index (χ0v) is 10.3. The van der Waals surface area contributed by atoms with E-state index >= 15 is 0 Å². The molecule has 0 unspecified atom stereocenters. The molecule has 0 spiro atoms. The molecule has 1 fully saturated rings. The Labute approximate surface area is 100.0 Å². The Kier molecular flexibility index (Phi) is 2.67. The number of hydrogen-bond acceptors (Lipinski definition) is 4. The summed E-state index contributed by atoms with van der Waals surface area (Å²) >= 11 is 1.95. The van der Waals surface area contributed by atoms with E-state index < -0.39 is 0 Å². The first-order valence-corrected chi connectivity index (χ1v) is 7.22. The van der Waals surface area contributed by atoms with E-state index in [0.717, 1.165) is 29.7 Å². The highest BCUT2D eigenvalue weighted by Gasteiger charge is 2.38. The zero-order valence-electron chi connectivity index (χ0n) is 9.48. The standard InChI is InChI=1S/C11H18N4S/c12-8-11(3-1-2-4-11)10-13-9-7-16-6-5-15(9)14-10/h1-8,12H2. The van der Waals surface area contributed by atoms with Crippen LogP contribution in [0.2, 0.25) is 0 Å². The van der Waals surface area contributed by atoms with Gasteiger partial charge in [0.2, 0.25) is 0 Å². The molecule has 0 aromatic carbocycles. The van der Waals surface area contributed by atoms with Gasteiger partial charge in [-0.3, -0.25) is 0 Å². The number of hydrogen-bond donors (Lipinski definition) is 1. The molecule has 1 aliphatic carbocycles. The van der Waals surface area contributed by atoms with Gasteiger partial charge in [-0.25, -0.2) is 9.67 Å². The fraction of sp³-hybridized carbons (Fsp3) is 0.818. The second-order valence-corrected chi connectivity index (χ2v) is 5.92. The molecule has 0 saturated heterocycles. The van der Waals surface area contributed by atoms with Gasteiger partial charge in [0.05, 0.1) is 12.3 Å². The Morgan fingerprint density at radius 3 is 2.88 bits per heavy atom. The van der Waals surface area contributed by atoms with Crippen LogP contribution in [-0.2, 0) is 17.7 Å². The van der Waals surface area contributed by atoms with E-state index in [4.69, 9.17) is 10.7 Å². The van der Waals surface area contributed by atoms with Crippen LogP contribution in [0.4, 0.5) is 0 Å². The van der Waals surface area contributed by atoms with Gasteiger partial charge in [-0.1, -0.05) is 12.8 Å². The molecule has 0 amide bonds. The summed E-state index contributed by atoms with van der Waals surface area (Å²) < 4.78 is 2.08. The average molecular weight is 238 g/mol. The monoisotopic (exact) mass is 238 g/mol. The van der Waals surface area contributed by atoms with Crippen molar-refractivity contribution in [1.82, 2.24) is 14.8 Å². The van der Waals surface area contributed by atoms with Crippen molar-refractivity contribution in [2.24, 2.45) is 5.73 Å². The molecule has 0 bridgehead atoms. The quantitative estimate of drug-likeness (QED) is 0.843. The van der Waals surface area contributed by atoms with Crippen molar-refractivity contribution in [3.8, 4) is 0 Å². The third-order valence-electron chi connectivity index (χ3n) is 3.85. The third-order valence-corrected chi connectivity index (χ3v) is 4.79. The van der Waals surface area contributed by atoms with Crippen LogP contribution in [0.3, 0.4) is 0 Å². The maximum absolute atomic E-state index is 5.96. The van der Waals surface area contributed by atoms with Gasteiger partial charge in [0.25, 0.3) is 0 Å². The number of aromatic nitrogens is 3. The number of fused-ring (bicyclic) bond motifs is 1. The summed E-state index contributed by atoms with van der Waals surface area (Å²) in [6.45, 7) is 1.71. The summed E-state index contributed by atoms with van der Waals surface area (Å²) in [7, 11) is 0. The van der Waals surface area contributed by atoms with E-state index in [1.54, 1.807) is 0 Å². The second-order valence-electron chi connectivity index (χ2n) is 4.82. The molecule has 4 nitrogen and oxygen atoms in total. The lowest BCUT2D eigenvalue weighted by Gasteiger charge is -2.22. The van der Waals surface area contributed by atoms with E-state index in [1.807, 2.05) is 11.8 Å². The molecule has 0 radical (unpaired) electrons. The average Bonchev–Trinajstić information content (AvgIpc) is 2.96. The van der Waals surface area contributed by atoms with Crippen LogP contribution in [-0.4, -0.2) is 27.1 Å². The molecule has 2 aliphatic rings. The maximum atomic E-state index is 5.96. The molecule has 1 aromatic rings. The first-order valence-electron chi connectivity index (χ1n) is 6.06. The van der Waals surface area contributed by atoms with Gasteiger partial charge in [-0.2, -0.15) is 16.9 Å². The topological polar surface area (TPSA) is 56.7 Å². The van der Waals surface area contributed by atoms with Gasteiger partial charge >= 0.3 is 0 Å². The van der Waals surface area contributed by atoms with Crippen molar-refractivity contribution in [3.63, 3.8) is 0 Å². The lowest BCUT2D eigenvalue weighted by atomic mass is 9.85. The first-order chi connectivity index (χ1) is 7.84. The summed E-state index contributed by atoms with van der Waals surface area (Å²) in [5, 5.41) is 4.69. The van der Waals surface area contributed by atoms with Crippen LogP contribution in [0.25, 0.3) is 0 Å². The van der Waals surface area contributed by atoms with Crippen molar-refractivity contribution >= 4 is 11.8 Å². The number of rotatable bonds is 2. The van der Waals surface area contributed by atoms with Crippen molar-refractivity contribution in [2.75, 3.05) is 12.3 Å². The normalized spacial score (nSPS) is 23.3. The minimum absolute atomic E-state index is 0.0923. The molecule has 1 aliphatic heterocycles. The highest BCUT2D eigenvalue weighted by molar-refractivity contribution is 7.98. The molecule has 16 heavy (non-hydrogen) atoms. The first kappa shape index (κ1) is 10.6. The zero-order chi connectivity index (χ0) is 11.0. The lowest BCUT2D eigenvalue weighted by Crippen LogP contribution is -2.33. The summed E-state index contributed by atoms with van der Waals surface area (Å²) in [5.74, 6) is 4.33. The summed E-state index contributed by atoms with van der Waals surface area (Å²) in [5.41, 5.74) is 6.06. The highest BCUT2D eigenvalue weighted by Crippen LogP contribution is 2.39. The van der Waals surface area contributed by atoms with Gasteiger partial charge in [0.15, 0.2) is 5.82 Å². The van der Waals surface area contributed by atoms with E-state index in [1.165, 1.54) is 25.7 Å². The lowest BCUT2D eigenvalue weighted by molar-refractivity contribution is 0.420. The maximum Gasteiger partial charge on any atom is 0.158 e. The molecular formula is C11H18N4S. The molecule has 0 atom stereocenters. The van der Waals surface area contributed by atoms with Crippen LogP contribution in [0.1, 0.15) is 37.3 Å². The number of nitrogens with two attached hydrogens (primary N) is 1.